The topological polar surface area (TPSA) is 73.9 Å². The van der Waals surface area contributed by atoms with Crippen LogP contribution in [-0.2, 0) is 18.8 Å². The first-order valence-electron chi connectivity index (χ1n) is 9.24. The highest BCUT2D eigenvalue weighted by molar-refractivity contribution is 6.46. The summed E-state index contributed by atoms with van der Waals surface area (Å²) in [5, 5.41) is 2.59. The zero-order chi connectivity index (χ0) is 18.6. The summed E-state index contributed by atoms with van der Waals surface area (Å²) in [6.45, 7) is 12.1. The van der Waals surface area contributed by atoms with Gasteiger partial charge >= 0.3 is 13.2 Å². The van der Waals surface area contributed by atoms with Crippen molar-refractivity contribution in [2.45, 2.75) is 84.1 Å². The van der Waals surface area contributed by atoms with E-state index in [0.717, 1.165) is 6.42 Å². The van der Waals surface area contributed by atoms with Gasteiger partial charge in [-0.15, -0.1) is 0 Å². The quantitative estimate of drug-likeness (QED) is 0.623. The van der Waals surface area contributed by atoms with Crippen molar-refractivity contribution in [3.63, 3.8) is 0 Å². The summed E-state index contributed by atoms with van der Waals surface area (Å²) in [6, 6.07) is -0.688. The fourth-order valence-corrected chi connectivity index (χ4v) is 4.87. The minimum atomic E-state index is -0.688. The smallest absolute Gasteiger partial charge is 0.444 e. The van der Waals surface area contributed by atoms with Crippen LogP contribution in [0, 0.1) is 17.3 Å². The van der Waals surface area contributed by atoms with Crippen LogP contribution in [0.1, 0.15) is 54.4 Å². The van der Waals surface area contributed by atoms with Crippen molar-refractivity contribution in [3.05, 3.63) is 0 Å². The lowest BCUT2D eigenvalue weighted by Gasteiger charge is -2.64. The molecule has 1 saturated heterocycles. The molecule has 1 N–H and O–H groups in total. The second-order valence-electron chi connectivity index (χ2n) is 9.52. The van der Waals surface area contributed by atoms with E-state index in [9.17, 15) is 9.59 Å². The Bertz CT molecular complexity index is 560. The molecular formula is C18H30BNO5. The Morgan fingerprint density at radius 1 is 1.36 bits per heavy atom. The number of hydrogen-bond acceptors (Lipinski definition) is 5. The third-order valence-corrected chi connectivity index (χ3v) is 6.31. The predicted molar refractivity (Wildman–Crippen MR) is 94.1 cm³/mol. The van der Waals surface area contributed by atoms with E-state index in [4.69, 9.17) is 14.0 Å². The zero-order valence-electron chi connectivity index (χ0n) is 16.1. The van der Waals surface area contributed by atoms with Gasteiger partial charge in [0.05, 0.1) is 17.7 Å². The number of rotatable bonds is 4. The summed E-state index contributed by atoms with van der Waals surface area (Å²) >= 11 is 0. The number of alkyl carbamates (subject to hydrolysis) is 1. The maximum Gasteiger partial charge on any atom is 0.460 e. The Labute approximate surface area is 150 Å². The van der Waals surface area contributed by atoms with Crippen molar-refractivity contribution in [3.8, 4) is 0 Å². The molecule has 0 radical (unpaired) electrons. The van der Waals surface area contributed by atoms with E-state index in [1.54, 1.807) is 20.8 Å². The zero-order valence-corrected chi connectivity index (χ0v) is 16.1. The number of carbonyl (C=O) groups is 2. The molecule has 4 rings (SSSR count). The van der Waals surface area contributed by atoms with Gasteiger partial charge in [0.1, 0.15) is 11.9 Å². The SMILES string of the molecule is CC(C)(C)OC(=O)N[C@H](C=O)CB1O[C@H]2C[C@H]3C[C@H](C3(C)C)[C@@]2(C)O1. The Morgan fingerprint density at radius 3 is 2.60 bits per heavy atom. The maximum atomic E-state index is 11.9. The van der Waals surface area contributed by atoms with Crippen molar-refractivity contribution in [1.29, 1.82) is 0 Å². The van der Waals surface area contributed by atoms with Crippen molar-refractivity contribution < 1.29 is 23.6 Å². The summed E-state index contributed by atoms with van der Waals surface area (Å²) in [6.07, 6.45) is 2.67. The Balaban J connectivity index is 1.59. The van der Waals surface area contributed by atoms with Crippen LogP contribution in [0.3, 0.4) is 0 Å². The first-order chi connectivity index (χ1) is 11.5. The Morgan fingerprint density at radius 2 is 2.04 bits per heavy atom. The van der Waals surface area contributed by atoms with E-state index in [2.05, 4.69) is 26.1 Å². The van der Waals surface area contributed by atoms with E-state index in [1.807, 2.05) is 0 Å². The third-order valence-electron chi connectivity index (χ3n) is 6.31. The fraction of sp³-hybridized carbons (Fsp3) is 0.889. The number of amides is 1. The molecule has 0 aromatic carbocycles. The molecule has 1 aliphatic heterocycles. The molecule has 0 spiro atoms. The molecule has 2 bridgehead atoms. The van der Waals surface area contributed by atoms with Crippen LogP contribution in [0.25, 0.3) is 0 Å². The van der Waals surface area contributed by atoms with Crippen LogP contribution >= 0.6 is 0 Å². The second-order valence-corrected chi connectivity index (χ2v) is 9.52. The molecule has 5 atom stereocenters. The molecule has 3 aliphatic carbocycles. The highest BCUT2D eigenvalue weighted by Gasteiger charge is 2.67. The molecule has 7 heteroatoms. The lowest BCUT2D eigenvalue weighted by atomic mass is 9.43. The van der Waals surface area contributed by atoms with Crippen molar-refractivity contribution in [2.75, 3.05) is 0 Å². The van der Waals surface area contributed by atoms with Gasteiger partial charge in [-0.05, 0) is 57.8 Å². The van der Waals surface area contributed by atoms with E-state index in [0.29, 0.717) is 24.4 Å². The van der Waals surface area contributed by atoms with Gasteiger partial charge in [0.15, 0.2) is 0 Å². The number of nitrogens with one attached hydrogen (secondary N) is 1. The molecule has 140 valence electrons. The van der Waals surface area contributed by atoms with Gasteiger partial charge in [-0.2, -0.15) is 0 Å². The Kier molecular flexibility index (Phi) is 4.48. The van der Waals surface area contributed by atoms with E-state index in [-0.39, 0.29) is 17.1 Å². The van der Waals surface area contributed by atoms with Crippen LogP contribution in [0.2, 0.25) is 6.32 Å². The van der Waals surface area contributed by atoms with Gasteiger partial charge in [0.25, 0.3) is 0 Å². The minimum Gasteiger partial charge on any atom is -0.444 e. The highest BCUT2D eigenvalue weighted by atomic mass is 16.7. The molecule has 25 heavy (non-hydrogen) atoms. The van der Waals surface area contributed by atoms with Gasteiger partial charge in [-0.1, -0.05) is 13.8 Å². The predicted octanol–water partition coefficient (Wildman–Crippen LogP) is 2.81. The molecule has 0 aromatic rings. The monoisotopic (exact) mass is 351 g/mol. The molecule has 0 unspecified atom stereocenters. The first kappa shape index (κ1) is 18.7. The maximum absolute atomic E-state index is 11.9. The van der Waals surface area contributed by atoms with Crippen LogP contribution in [0.4, 0.5) is 4.79 Å². The molecule has 0 aromatic heterocycles. The highest BCUT2D eigenvalue weighted by Crippen LogP contribution is 2.65. The number of aldehydes is 1. The van der Waals surface area contributed by atoms with Gasteiger partial charge in [0, 0.05) is 6.32 Å². The minimum absolute atomic E-state index is 0.0723. The standard InChI is InChI=1S/C18H30BNO5/c1-16(2,3)23-15(22)20-12(10-21)9-19-24-14-8-11-7-13(17(11,4)5)18(14,6)25-19/h10-14H,7-9H2,1-6H3,(H,20,22)/t11-,12+,13-,14+,18-/m1/s1. The van der Waals surface area contributed by atoms with Gasteiger partial charge in [0.2, 0.25) is 0 Å². The second kappa shape index (κ2) is 5.98. The third kappa shape index (κ3) is 3.33. The number of ether oxygens (including phenoxy) is 1. The van der Waals surface area contributed by atoms with Crippen LogP contribution < -0.4 is 5.32 Å². The van der Waals surface area contributed by atoms with Crippen molar-refractivity contribution in [1.82, 2.24) is 5.32 Å². The lowest BCUT2D eigenvalue weighted by Crippen LogP contribution is -2.65. The molecular weight excluding hydrogens is 321 g/mol. The van der Waals surface area contributed by atoms with Crippen LogP contribution in [0.5, 0.6) is 0 Å². The first-order valence-corrected chi connectivity index (χ1v) is 9.24. The van der Waals surface area contributed by atoms with Gasteiger partial charge < -0.3 is 24.2 Å². The molecule has 3 saturated carbocycles. The lowest BCUT2D eigenvalue weighted by molar-refractivity contribution is -0.199. The average Bonchev–Trinajstić information content (AvgIpc) is 2.79. The molecule has 4 fully saturated rings. The average molecular weight is 351 g/mol. The van der Waals surface area contributed by atoms with E-state index in [1.165, 1.54) is 6.42 Å². The number of hydrogen-bond donors (Lipinski definition) is 1. The molecule has 4 aliphatic rings. The van der Waals surface area contributed by atoms with E-state index >= 15 is 0 Å². The molecule has 1 amide bonds. The summed E-state index contributed by atoms with van der Waals surface area (Å²) in [5.41, 5.74) is -0.628. The van der Waals surface area contributed by atoms with Gasteiger partial charge in [-0.3, -0.25) is 0 Å². The van der Waals surface area contributed by atoms with Crippen molar-refractivity contribution in [2.24, 2.45) is 17.3 Å². The summed E-state index contributed by atoms with van der Waals surface area (Å²) in [7, 11) is -0.477. The largest absolute Gasteiger partial charge is 0.460 e. The Hall–Kier alpha value is -1.08. The van der Waals surface area contributed by atoms with Gasteiger partial charge in [-0.25, -0.2) is 4.79 Å². The summed E-state index contributed by atoms with van der Waals surface area (Å²) in [4.78, 5) is 23.3. The summed E-state index contributed by atoms with van der Waals surface area (Å²) < 4.78 is 17.6. The fourth-order valence-electron chi connectivity index (χ4n) is 4.87. The molecule has 6 nitrogen and oxygen atoms in total. The number of carbonyl (C=O) groups excluding carboxylic acids is 2. The van der Waals surface area contributed by atoms with Crippen LogP contribution in [0.15, 0.2) is 0 Å². The summed E-state index contributed by atoms with van der Waals surface area (Å²) in [5.74, 6) is 1.15. The van der Waals surface area contributed by atoms with Crippen molar-refractivity contribution >= 4 is 19.5 Å². The van der Waals surface area contributed by atoms with E-state index < -0.39 is 24.9 Å². The normalized spacial score (nSPS) is 36.9. The molecule has 1 heterocycles. The van der Waals surface area contributed by atoms with Crippen LogP contribution in [-0.4, -0.2) is 42.8 Å².